The van der Waals surface area contributed by atoms with Crippen molar-refractivity contribution in [2.24, 2.45) is 0 Å². The van der Waals surface area contributed by atoms with E-state index < -0.39 is 5.41 Å². The van der Waals surface area contributed by atoms with Crippen LogP contribution < -0.4 is 4.74 Å². The van der Waals surface area contributed by atoms with Gasteiger partial charge in [0.05, 0.1) is 16.8 Å². The van der Waals surface area contributed by atoms with Gasteiger partial charge in [0.1, 0.15) is 11.5 Å². The number of hydrogen-bond donors (Lipinski definition) is 0. The van der Waals surface area contributed by atoms with E-state index in [1.165, 1.54) is 22.3 Å². The minimum Gasteiger partial charge on any atom is -0.455 e. The molecule has 0 saturated carbocycles. The third-order valence-electron chi connectivity index (χ3n) is 11.1. The monoisotopic (exact) mass is 689 g/mol. The van der Waals surface area contributed by atoms with Gasteiger partial charge in [0.25, 0.3) is 0 Å². The normalized spacial score (nSPS) is 13.1. The van der Waals surface area contributed by atoms with Crippen molar-refractivity contribution in [1.82, 2.24) is 15.0 Å². The minimum atomic E-state index is -0.641. The van der Waals surface area contributed by atoms with Gasteiger partial charge in [-0.1, -0.05) is 158 Å². The highest BCUT2D eigenvalue weighted by molar-refractivity contribution is 5.97. The van der Waals surface area contributed by atoms with Gasteiger partial charge in [-0.3, -0.25) is 4.98 Å². The molecule has 0 saturated heterocycles. The molecule has 1 aliphatic carbocycles. The molecular formula is C50H31N3O. The van der Waals surface area contributed by atoms with Crippen LogP contribution in [0.25, 0.3) is 66.9 Å². The van der Waals surface area contributed by atoms with Crippen LogP contribution in [0.15, 0.2) is 188 Å². The topological polar surface area (TPSA) is 47.9 Å². The largest absolute Gasteiger partial charge is 0.455 e. The number of nitrogens with zero attached hydrogens (tertiary/aromatic N) is 3. The Hall–Kier alpha value is -7.17. The summed E-state index contributed by atoms with van der Waals surface area (Å²) in [6.07, 6.45) is 3.72. The summed E-state index contributed by atoms with van der Waals surface area (Å²) >= 11 is 0. The van der Waals surface area contributed by atoms with Crippen molar-refractivity contribution in [3.05, 3.63) is 211 Å². The van der Waals surface area contributed by atoms with Gasteiger partial charge in [0, 0.05) is 51.3 Å². The lowest BCUT2D eigenvalue weighted by molar-refractivity contribution is 0.439. The van der Waals surface area contributed by atoms with Crippen LogP contribution >= 0.6 is 0 Å². The predicted molar refractivity (Wildman–Crippen MR) is 216 cm³/mol. The Kier molecular flexibility index (Phi) is 6.73. The average molecular weight is 690 g/mol. The number of ether oxygens (including phenoxy) is 1. The lowest BCUT2D eigenvalue weighted by Crippen LogP contribution is -2.32. The first-order valence-corrected chi connectivity index (χ1v) is 18.3. The van der Waals surface area contributed by atoms with E-state index in [-0.39, 0.29) is 0 Å². The Morgan fingerprint density at radius 3 is 1.69 bits per heavy atom. The predicted octanol–water partition coefficient (Wildman–Crippen LogP) is 12.2. The molecule has 1 spiro atoms. The molecule has 3 heterocycles. The molecule has 9 aromatic rings. The zero-order chi connectivity index (χ0) is 35.6. The van der Waals surface area contributed by atoms with E-state index in [1.54, 1.807) is 0 Å². The van der Waals surface area contributed by atoms with E-state index in [2.05, 4.69) is 157 Å². The molecule has 54 heavy (non-hydrogen) atoms. The van der Waals surface area contributed by atoms with Crippen molar-refractivity contribution in [1.29, 1.82) is 0 Å². The second-order valence-electron chi connectivity index (χ2n) is 13.9. The first kappa shape index (κ1) is 30.5. The van der Waals surface area contributed by atoms with Crippen LogP contribution in [0.3, 0.4) is 0 Å². The molecule has 0 N–H and O–H groups in total. The second-order valence-corrected chi connectivity index (χ2v) is 13.9. The highest BCUT2D eigenvalue weighted by Crippen LogP contribution is 2.64. The van der Waals surface area contributed by atoms with Crippen LogP contribution in [-0.4, -0.2) is 15.0 Å². The summed E-state index contributed by atoms with van der Waals surface area (Å²) in [4.78, 5) is 15.1. The number of aromatic nitrogens is 3. The smallest absolute Gasteiger partial charge is 0.160 e. The standard InChI is InChI=1S/C50H31N3O/c1-2-15-33(16-3-1)49-52-45(39-23-10-17-32-14-4-5-19-35(32)39)30-46(53-49)40-24-12-28-44-48(40)54-47-36(34-18-13-29-51-31-34)22-11-27-43(47)50(44)41-25-8-6-20-37(41)38-21-7-9-26-42(38)50/h1-31H. The first-order valence-electron chi connectivity index (χ1n) is 18.3. The van der Waals surface area contributed by atoms with Gasteiger partial charge in [-0.05, 0) is 51.2 Å². The summed E-state index contributed by atoms with van der Waals surface area (Å²) < 4.78 is 7.34. The number of benzene rings is 7. The van der Waals surface area contributed by atoms with Crippen molar-refractivity contribution in [2.45, 2.75) is 5.41 Å². The van der Waals surface area contributed by atoms with Crippen LogP contribution in [0.4, 0.5) is 0 Å². The number of pyridine rings is 1. The van der Waals surface area contributed by atoms with Gasteiger partial charge in [0.2, 0.25) is 0 Å². The number of rotatable bonds is 4. The molecule has 2 aliphatic rings. The summed E-state index contributed by atoms with van der Waals surface area (Å²) in [5.74, 6) is 2.27. The SMILES string of the molecule is c1ccc(-c2nc(-c3cccc4c3Oc3c(-c5cccnc5)cccc3C43c4ccccc4-c4ccccc43)cc(-c3cccc4ccccc34)n2)cc1. The molecule has 252 valence electrons. The molecule has 0 amide bonds. The van der Waals surface area contributed by atoms with Gasteiger partial charge in [-0.2, -0.15) is 0 Å². The molecule has 0 radical (unpaired) electrons. The molecule has 0 atom stereocenters. The molecular weight excluding hydrogens is 659 g/mol. The Morgan fingerprint density at radius 1 is 0.407 bits per heavy atom. The molecule has 4 heteroatoms. The Bertz CT molecular complexity index is 2870. The van der Waals surface area contributed by atoms with Crippen molar-refractivity contribution in [2.75, 3.05) is 0 Å². The maximum absolute atomic E-state index is 7.34. The lowest BCUT2D eigenvalue weighted by atomic mass is 9.65. The molecule has 7 aromatic carbocycles. The van der Waals surface area contributed by atoms with E-state index in [1.807, 2.05) is 36.7 Å². The van der Waals surface area contributed by atoms with E-state index in [0.717, 1.165) is 72.6 Å². The third-order valence-corrected chi connectivity index (χ3v) is 11.1. The van der Waals surface area contributed by atoms with E-state index in [4.69, 9.17) is 14.7 Å². The van der Waals surface area contributed by atoms with Crippen molar-refractivity contribution in [3.63, 3.8) is 0 Å². The molecule has 0 bridgehead atoms. The van der Waals surface area contributed by atoms with Gasteiger partial charge in [-0.15, -0.1) is 0 Å². The Balaban J connectivity index is 1.23. The van der Waals surface area contributed by atoms with Crippen LogP contribution in [0, 0.1) is 0 Å². The fraction of sp³-hybridized carbons (Fsp3) is 0.0200. The van der Waals surface area contributed by atoms with Gasteiger partial charge < -0.3 is 4.74 Å². The molecule has 2 aromatic heterocycles. The quantitative estimate of drug-likeness (QED) is 0.185. The zero-order valence-electron chi connectivity index (χ0n) is 29.1. The highest BCUT2D eigenvalue weighted by atomic mass is 16.5. The minimum absolute atomic E-state index is 0.641. The molecule has 11 rings (SSSR count). The molecule has 0 unspecified atom stereocenters. The highest BCUT2D eigenvalue weighted by Gasteiger charge is 2.52. The summed E-state index contributed by atoms with van der Waals surface area (Å²) in [5.41, 5.74) is 13.0. The first-order chi connectivity index (χ1) is 26.8. The molecule has 0 fully saturated rings. The summed E-state index contributed by atoms with van der Waals surface area (Å²) in [5, 5.41) is 2.31. The second kappa shape index (κ2) is 11.9. The van der Waals surface area contributed by atoms with Gasteiger partial charge in [0.15, 0.2) is 5.82 Å². The Morgan fingerprint density at radius 2 is 0.944 bits per heavy atom. The number of fused-ring (bicyclic) bond motifs is 10. The summed E-state index contributed by atoms with van der Waals surface area (Å²) in [6, 6.07) is 62.0. The van der Waals surface area contributed by atoms with Gasteiger partial charge >= 0.3 is 0 Å². The van der Waals surface area contributed by atoms with Crippen molar-refractivity contribution >= 4 is 10.8 Å². The van der Waals surface area contributed by atoms with Crippen LogP contribution in [0.2, 0.25) is 0 Å². The summed E-state index contributed by atoms with van der Waals surface area (Å²) in [6.45, 7) is 0. The number of para-hydroxylation sites is 2. The van der Waals surface area contributed by atoms with Crippen molar-refractivity contribution in [3.8, 4) is 67.7 Å². The maximum Gasteiger partial charge on any atom is 0.160 e. The van der Waals surface area contributed by atoms with Crippen LogP contribution in [-0.2, 0) is 5.41 Å². The fourth-order valence-corrected chi connectivity index (χ4v) is 8.79. The van der Waals surface area contributed by atoms with E-state index in [9.17, 15) is 0 Å². The zero-order valence-corrected chi connectivity index (χ0v) is 29.1. The molecule has 4 nitrogen and oxygen atoms in total. The third kappa shape index (κ3) is 4.40. The number of hydrogen-bond acceptors (Lipinski definition) is 4. The van der Waals surface area contributed by atoms with Crippen LogP contribution in [0.5, 0.6) is 11.5 Å². The van der Waals surface area contributed by atoms with Crippen LogP contribution in [0.1, 0.15) is 22.3 Å². The average Bonchev–Trinajstić information content (AvgIpc) is 3.54. The molecule has 1 aliphatic heterocycles. The van der Waals surface area contributed by atoms with Crippen molar-refractivity contribution < 1.29 is 4.74 Å². The van der Waals surface area contributed by atoms with Gasteiger partial charge in [-0.25, -0.2) is 9.97 Å². The van der Waals surface area contributed by atoms with E-state index >= 15 is 0 Å². The Labute approximate surface area is 313 Å². The lowest BCUT2D eigenvalue weighted by Gasteiger charge is -2.40. The summed E-state index contributed by atoms with van der Waals surface area (Å²) in [7, 11) is 0. The fourth-order valence-electron chi connectivity index (χ4n) is 8.79. The van der Waals surface area contributed by atoms with E-state index in [0.29, 0.717) is 5.82 Å². The maximum atomic E-state index is 7.34.